The number of benzene rings is 3. The third-order valence-electron chi connectivity index (χ3n) is 5.01. The van der Waals surface area contributed by atoms with E-state index in [0.29, 0.717) is 38.3 Å². The second-order valence-electron chi connectivity index (χ2n) is 7.22. The molecular formula is C24H13Cl2N3O5. The molecule has 0 saturated heterocycles. The topological polar surface area (TPSA) is 111 Å². The first-order valence-corrected chi connectivity index (χ1v) is 10.7. The highest BCUT2D eigenvalue weighted by molar-refractivity contribution is 6.42. The Morgan fingerprint density at radius 2 is 1.76 bits per heavy atom. The standard InChI is InChI=1S/C24H13Cl2N3O5/c25-16-7-5-13(11-17(16)26)24-28-18-12-14(6-8-21(18)34-24)27-23(30)22-10-9-20(33-22)15-3-1-2-4-19(15)29(31)32/h1-12H,(H,27,30). The van der Waals surface area contributed by atoms with Gasteiger partial charge in [-0.25, -0.2) is 4.98 Å². The van der Waals surface area contributed by atoms with E-state index >= 15 is 0 Å². The largest absolute Gasteiger partial charge is 0.451 e. The number of nitro groups is 1. The lowest BCUT2D eigenvalue weighted by Crippen LogP contribution is -2.10. The van der Waals surface area contributed by atoms with E-state index in [4.69, 9.17) is 32.0 Å². The van der Waals surface area contributed by atoms with Crippen molar-refractivity contribution in [2.24, 2.45) is 0 Å². The van der Waals surface area contributed by atoms with Gasteiger partial charge in [-0.3, -0.25) is 14.9 Å². The monoisotopic (exact) mass is 493 g/mol. The molecular weight excluding hydrogens is 481 g/mol. The molecule has 2 heterocycles. The maximum Gasteiger partial charge on any atom is 0.291 e. The van der Waals surface area contributed by atoms with E-state index in [9.17, 15) is 14.9 Å². The number of halogens is 2. The Morgan fingerprint density at radius 1 is 0.941 bits per heavy atom. The predicted molar refractivity (Wildman–Crippen MR) is 128 cm³/mol. The lowest BCUT2D eigenvalue weighted by Gasteiger charge is -2.03. The summed E-state index contributed by atoms with van der Waals surface area (Å²) in [5, 5.41) is 14.8. The molecule has 0 bridgehead atoms. The average molecular weight is 494 g/mol. The minimum atomic E-state index is -0.516. The Bertz CT molecular complexity index is 1570. The summed E-state index contributed by atoms with van der Waals surface area (Å²) in [6.45, 7) is 0. The van der Waals surface area contributed by atoms with Gasteiger partial charge in [-0.15, -0.1) is 0 Å². The zero-order valence-corrected chi connectivity index (χ0v) is 18.6. The average Bonchev–Trinajstić information content (AvgIpc) is 3.48. The van der Waals surface area contributed by atoms with Crippen molar-refractivity contribution >= 4 is 51.6 Å². The van der Waals surface area contributed by atoms with Gasteiger partial charge in [0.25, 0.3) is 11.6 Å². The third-order valence-corrected chi connectivity index (χ3v) is 5.75. The number of nitrogens with one attached hydrogen (secondary N) is 1. The molecule has 5 aromatic rings. The fourth-order valence-electron chi connectivity index (χ4n) is 3.40. The molecule has 0 unspecified atom stereocenters. The van der Waals surface area contributed by atoms with Crippen LogP contribution < -0.4 is 5.32 Å². The quantitative estimate of drug-likeness (QED) is 0.204. The fourth-order valence-corrected chi connectivity index (χ4v) is 3.69. The van der Waals surface area contributed by atoms with Crippen LogP contribution in [0.1, 0.15) is 10.6 Å². The van der Waals surface area contributed by atoms with Crippen molar-refractivity contribution in [2.75, 3.05) is 5.32 Å². The maximum absolute atomic E-state index is 12.7. The second-order valence-corrected chi connectivity index (χ2v) is 8.04. The van der Waals surface area contributed by atoms with Gasteiger partial charge in [0.05, 0.1) is 20.5 Å². The van der Waals surface area contributed by atoms with Crippen molar-refractivity contribution in [3.8, 4) is 22.8 Å². The summed E-state index contributed by atoms with van der Waals surface area (Å²) in [7, 11) is 0. The van der Waals surface area contributed by atoms with Crippen molar-refractivity contribution in [3.63, 3.8) is 0 Å². The zero-order valence-electron chi connectivity index (χ0n) is 17.1. The van der Waals surface area contributed by atoms with E-state index in [1.807, 2.05) is 0 Å². The highest BCUT2D eigenvalue weighted by Gasteiger charge is 2.19. The van der Waals surface area contributed by atoms with Crippen molar-refractivity contribution in [2.45, 2.75) is 0 Å². The summed E-state index contributed by atoms with van der Waals surface area (Å²) in [4.78, 5) is 27.9. The number of oxazole rings is 1. The molecule has 5 rings (SSSR count). The van der Waals surface area contributed by atoms with E-state index in [2.05, 4.69) is 10.3 Å². The van der Waals surface area contributed by atoms with Gasteiger partial charge in [-0.2, -0.15) is 0 Å². The third kappa shape index (κ3) is 4.12. The molecule has 0 spiro atoms. The normalized spacial score (nSPS) is 11.0. The fraction of sp³-hybridized carbons (Fsp3) is 0. The molecule has 34 heavy (non-hydrogen) atoms. The number of nitrogens with zero attached hydrogens (tertiary/aromatic N) is 2. The number of hydrogen-bond acceptors (Lipinski definition) is 6. The van der Waals surface area contributed by atoms with Gasteiger partial charge in [0.1, 0.15) is 11.3 Å². The van der Waals surface area contributed by atoms with Crippen LogP contribution in [0.2, 0.25) is 10.0 Å². The first-order valence-electron chi connectivity index (χ1n) is 9.90. The van der Waals surface area contributed by atoms with Crippen LogP contribution in [0, 0.1) is 10.1 Å². The van der Waals surface area contributed by atoms with Gasteiger partial charge in [0.2, 0.25) is 5.89 Å². The number of carbonyl (C=O) groups is 1. The van der Waals surface area contributed by atoms with Gasteiger partial charge in [0.15, 0.2) is 11.3 Å². The van der Waals surface area contributed by atoms with Crippen LogP contribution in [0.15, 0.2) is 81.6 Å². The molecule has 3 aromatic carbocycles. The maximum atomic E-state index is 12.7. The number of furan rings is 1. The van der Waals surface area contributed by atoms with Crippen molar-refractivity contribution in [1.29, 1.82) is 0 Å². The number of nitro benzene ring substituents is 1. The van der Waals surface area contributed by atoms with Crippen LogP contribution in [0.4, 0.5) is 11.4 Å². The molecule has 1 amide bonds. The van der Waals surface area contributed by atoms with Crippen LogP contribution in [-0.2, 0) is 0 Å². The number of aromatic nitrogens is 1. The molecule has 0 atom stereocenters. The van der Waals surface area contributed by atoms with Crippen LogP contribution in [0.3, 0.4) is 0 Å². The molecule has 0 radical (unpaired) electrons. The summed E-state index contributed by atoms with van der Waals surface area (Å²) in [6, 6.07) is 19.2. The van der Waals surface area contributed by atoms with Gasteiger partial charge in [-0.05, 0) is 54.6 Å². The number of rotatable bonds is 5. The number of hydrogen-bond donors (Lipinski definition) is 1. The highest BCUT2D eigenvalue weighted by Crippen LogP contribution is 2.32. The Balaban J connectivity index is 1.38. The number of amides is 1. The summed E-state index contributed by atoms with van der Waals surface area (Å²) in [5.41, 5.74) is 2.35. The smallest absolute Gasteiger partial charge is 0.291 e. The Kier molecular flexibility index (Phi) is 5.53. The summed E-state index contributed by atoms with van der Waals surface area (Å²) in [5.74, 6) is 0.0649. The molecule has 0 saturated carbocycles. The molecule has 1 N–H and O–H groups in total. The van der Waals surface area contributed by atoms with Crippen molar-refractivity contribution in [1.82, 2.24) is 4.98 Å². The number of carbonyl (C=O) groups excluding carboxylic acids is 1. The van der Waals surface area contributed by atoms with E-state index in [1.165, 1.54) is 18.2 Å². The second kappa shape index (κ2) is 8.66. The van der Waals surface area contributed by atoms with Crippen LogP contribution in [0.25, 0.3) is 33.9 Å². The summed E-state index contributed by atoms with van der Waals surface area (Å²) < 4.78 is 11.4. The number of para-hydroxylation sites is 1. The predicted octanol–water partition coefficient (Wildman–Crippen LogP) is 7.22. The molecule has 10 heteroatoms. The Labute approximate surface area is 201 Å². The first-order chi connectivity index (χ1) is 16.4. The van der Waals surface area contributed by atoms with Crippen LogP contribution >= 0.6 is 23.2 Å². The SMILES string of the molecule is O=C(Nc1ccc2oc(-c3ccc(Cl)c(Cl)c3)nc2c1)c1ccc(-c2ccccc2[N+](=O)[O-])o1. The summed E-state index contributed by atoms with van der Waals surface area (Å²) in [6.07, 6.45) is 0. The summed E-state index contributed by atoms with van der Waals surface area (Å²) >= 11 is 12.0. The molecule has 0 aliphatic heterocycles. The minimum absolute atomic E-state index is 0.00453. The number of anilines is 1. The Morgan fingerprint density at radius 3 is 2.56 bits per heavy atom. The molecule has 2 aromatic heterocycles. The van der Waals surface area contributed by atoms with Gasteiger partial charge >= 0.3 is 0 Å². The van der Waals surface area contributed by atoms with Gasteiger partial charge in [0, 0.05) is 17.3 Å². The van der Waals surface area contributed by atoms with E-state index in [0.717, 1.165) is 0 Å². The molecule has 168 valence electrons. The molecule has 0 aliphatic rings. The van der Waals surface area contributed by atoms with E-state index in [1.54, 1.807) is 54.6 Å². The van der Waals surface area contributed by atoms with Crippen LogP contribution in [-0.4, -0.2) is 15.8 Å². The minimum Gasteiger partial charge on any atom is -0.451 e. The highest BCUT2D eigenvalue weighted by atomic mass is 35.5. The lowest BCUT2D eigenvalue weighted by molar-refractivity contribution is -0.384. The Hall–Kier alpha value is -4.14. The van der Waals surface area contributed by atoms with E-state index in [-0.39, 0.29) is 22.8 Å². The van der Waals surface area contributed by atoms with E-state index < -0.39 is 10.8 Å². The van der Waals surface area contributed by atoms with Gasteiger partial charge < -0.3 is 14.2 Å². The molecule has 8 nitrogen and oxygen atoms in total. The van der Waals surface area contributed by atoms with Crippen LogP contribution in [0.5, 0.6) is 0 Å². The number of fused-ring (bicyclic) bond motifs is 1. The van der Waals surface area contributed by atoms with Gasteiger partial charge in [-0.1, -0.05) is 35.3 Å². The van der Waals surface area contributed by atoms with Crippen molar-refractivity contribution < 1.29 is 18.6 Å². The lowest BCUT2D eigenvalue weighted by atomic mass is 10.1. The van der Waals surface area contributed by atoms with Crippen molar-refractivity contribution in [3.05, 3.63) is 98.7 Å². The first kappa shape index (κ1) is 21.7. The molecule has 0 fully saturated rings. The molecule has 0 aliphatic carbocycles. The zero-order chi connectivity index (χ0) is 23.8.